The predicted octanol–water partition coefficient (Wildman–Crippen LogP) is 15.6. The van der Waals surface area contributed by atoms with Gasteiger partial charge >= 0.3 is 0 Å². The normalized spacial score (nSPS) is 11.7. The third kappa shape index (κ3) is 5.42. The molecule has 0 saturated heterocycles. The van der Waals surface area contributed by atoms with Gasteiger partial charge in [0.25, 0.3) is 0 Å². The van der Waals surface area contributed by atoms with E-state index in [9.17, 15) is 0 Å². The molecule has 60 heavy (non-hydrogen) atoms. The van der Waals surface area contributed by atoms with Crippen LogP contribution in [-0.2, 0) is 0 Å². The number of rotatable bonds is 6. The first kappa shape index (κ1) is 34.1. The summed E-state index contributed by atoms with van der Waals surface area (Å²) in [5.41, 5.74) is 18.7. The van der Waals surface area contributed by atoms with Crippen LogP contribution in [0.15, 0.2) is 219 Å². The smallest absolute Gasteiger partial charge is 0.0893 e. The summed E-state index contributed by atoms with van der Waals surface area (Å²) in [5, 5.41) is 7.53. The van der Waals surface area contributed by atoms with Crippen LogP contribution in [0.1, 0.15) is 0 Å². The molecule has 0 radical (unpaired) electrons. The lowest BCUT2D eigenvalue weighted by atomic mass is 9.82. The molecule has 0 fully saturated rings. The second kappa shape index (κ2) is 13.9. The Morgan fingerprint density at radius 1 is 0.250 bits per heavy atom. The van der Waals surface area contributed by atoms with Crippen LogP contribution in [-0.4, -0.2) is 9.97 Å². The molecular formula is C58H36N2. The highest BCUT2D eigenvalue weighted by Crippen LogP contribution is 2.58. The highest BCUT2D eigenvalue weighted by Gasteiger charge is 2.31. The highest BCUT2D eigenvalue weighted by atomic mass is 14.8. The Labute approximate surface area is 348 Å². The van der Waals surface area contributed by atoms with E-state index in [2.05, 4.69) is 206 Å². The molecule has 0 bridgehead atoms. The van der Waals surface area contributed by atoms with Crippen molar-refractivity contribution in [3.63, 3.8) is 0 Å². The molecule has 0 saturated carbocycles. The standard InChI is InChI=1S/C58H36N2/c1-3-15-40(16-4-1)54-47-21-9-10-22-48(47)55(41-17-5-2-6-18-41)58-50-34-33-44(46-24-12-25-49(56(46)50)57(54)58)39-30-28-37(29-31-39)42-32-35-52(59-36-42)53-27-13-26-51(60-53)45-23-11-19-38-14-7-8-20-43(38)45/h1-36H. The summed E-state index contributed by atoms with van der Waals surface area (Å²) in [6.45, 7) is 0. The van der Waals surface area contributed by atoms with Crippen molar-refractivity contribution in [3.8, 4) is 89.4 Å². The van der Waals surface area contributed by atoms with E-state index >= 15 is 0 Å². The van der Waals surface area contributed by atoms with Gasteiger partial charge in [-0.25, -0.2) is 4.98 Å². The SMILES string of the molecule is c1ccc(-c2c3c(c(-c4ccccc4)c4ccccc24)-c2ccc(-c4ccc(-c5ccc(-c6cccc(-c7cccc8ccccc78)n6)nc5)cc4)c4cccc-3c24)cc1. The quantitative estimate of drug-likeness (QED) is 0.169. The largest absolute Gasteiger partial charge is 0.254 e. The molecule has 9 aromatic carbocycles. The zero-order valence-electron chi connectivity index (χ0n) is 32.7. The summed E-state index contributed by atoms with van der Waals surface area (Å²) in [6, 6.07) is 76.5. The summed E-state index contributed by atoms with van der Waals surface area (Å²) in [6.07, 6.45) is 1.96. The molecule has 278 valence electrons. The first-order chi connectivity index (χ1) is 29.8. The molecule has 2 aromatic heterocycles. The third-order valence-electron chi connectivity index (χ3n) is 12.3. The fraction of sp³-hybridized carbons (Fsp3) is 0. The van der Waals surface area contributed by atoms with Gasteiger partial charge < -0.3 is 0 Å². The van der Waals surface area contributed by atoms with Crippen molar-refractivity contribution in [3.05, 3.63) is 219 Å². The van der Waals surface area contributed by atoms with Gasteiger partial charge in [0, 0.05) is 17.3 Å². The van der Waals surface area contributed by atoms with Gasteiger partial charge in [-0.3, -0.25) is 4.98 Å². The Balaban J connectivity index is 0.930. The van der Waals surface area contributed by atoms with Crippen molar-refractivity contribution < 1.29 is 0 Å². The van der Waals surface area contributed by atoms with Gasteiger partial charge in [-0.05, 0) is 112 Å². The average molecular weight is 761 g/mol. The Morgan fingerprint density at radius 3 is 1.47 bits per heavy atom. The van der Waals surface area contributed by atoms with Gasteiger partial charge in [0.15, 0.2) is 0 Å². The lowest BCUT2D eigenvalue weighted by molar-refractivity contribution is 1.25. The average Bonchev–Trinajstić information content (AvgIpc) is 3.66. The van der Waals surface area contributed by atoms with Crippen molar-refractivity contribution in [2.45, 2.75) is 0 Å². The first-order valence-corrected chi connectivity index (χ1v) is 20.6. The predicted molar refractivity (Wildman–Crippen MR) is 252 cm³/mol. The van der Waals surface area contributed by atoms with Crippen molar-refractivity contribution in [1.29, 1.82) is 0 Å². The van der Waals surface area contributed by atoms with E-state index in [0.717, 1.165) is 33.8 Å². The van der Waals surface area contributed by atoms with E-state index in [1.54, 1.807) is 0 Å². The second-order valence-electron chi connectivity index (χ2n) is 15.6. The molecule has 1 aliphatic carbocycles. The van der Waals surface area contributed by atoms with Crippen molar-refractivity contribution in [2.75, 3.05) is 0 Å². The molecule has 0 spiro atoms. The lowest BCUT2D eigenvalue weighted by Gasteiger charge is -2.20. The highest BCUT2D eigenvalue weighted by molar-refractivity contribution is 6.28. The van der Waals surface area contributed by atoms with Crippen molar-refractivity contribution >= 4 is 32.3 Å². The fourth-order valence-electron chi connectivity index (χ4n) is 9.60. The molecule has 11 aromatic rings. The van der Waals surface area contributed by atoms with E-state index in [1.807, 2.05) is 12.3 Å². The Bertz CT molecular complexity index is 3340. The molecule has 0 atom stereocenters. The van der Waals surface area contributed by atoms with Crippen LogP contribution in [0.3, 0.4) is 0 Å². The van der Waals surface area contributed by atoms with Gasteiger partial charge in [-0.2, -0.15) is 0 Å². The summed E-state index contributed by atoms with van der Waals surface area (Å²) in [4.78, 5) is 9.96. The maximum Gasteiger partial charge on any atom is 0.0893 e. The lowest BCUT2D eigenvalue weighted by Crippen LogP contribution is -1.93. The Hall–Kier alpha value is -7.94. The summed E-state index contributed by atoms with van der Waals surface area (Å²) in [7, 11) is 0. The minimum Gasteiger partial charge on any atom is -0.254 e. The number of pyridine rings is 2. The van der Waals surface area contributed by atoms with Crippen LogP contribution in [0.2, 0.25) is 0 Å². The van der Waals surface area contributed by atoms with Crippen LogP contribution < -0.4 is 0 Å². The molecular weight excluding hydrogens is 725 g/mol. The monoisotopic (exact) mass is 760 g/mol. The van der Waals surface area contributed by atoms with Crippen LogP contribution in [0, 0.1) is 0 Å². The molecule has 2 heterocycles. The maximum atomic E-state index is 5.06. The Kier molecular flexibility index (Phi) is 7.89. The minimum absolute atomic E-state index is 0.852. The van der Waals surface area contributed by atoms with E-state index in [4.69, 9.17) is 9.97 Å². The summed E-state index contributed by atoms with van der Waals surface area (Å²) < 4.78 is 0. The van der Waals surface area contributed by atoms with E-state index in [-0.39, 0.29) is 0 Å². The topological polar surface area (TPSA) is 25.8 Å². The number of fused-ring (bicyclic) bond motifs is 5. The molecule has 12 rings (SSSR count). The maximum absolute atomic E-state index is 5.06. The van der Waals surface area contributed by atoms with Crippen LogP contribution in [0.4, 0.5) is 0 Å². The minimum atomic E-state index is 0.852. The molecule has 0 amide bonds. The van der Waals surface area contributed by atoms with Gasteiger partial charge in [-0.15, -0.1) is 0 Å². The van der Waals surface area contributed by atoms with Crippen molar-refractivity contribution in [1.82, 2.24) is 9.97 Å². The molecule has 0 N–H and O–H groups in total. The third-order valence-corrected chi connectivity index (χ3v) is 12.3. The molecule has 2 heteroatoms. The number of aromatic nitrogens is 2. The van der Waals surface area contributed by atoms with E-state index in [1.165, 1.54) is 88.0 Å². The van der Waals surface area contributed by atoms with E-state index < -0.39 is 0 Å². The molecule has 0 unspecified atom stereocenters. The van der Waals surface area contributed by atoms with Crippen LogP contribution in [0.5, 0.6) is 0 Å². The number of hydrogen-bond acceptors (Lipinski definition) is 2. The molecule has 0 aliphatic heterocycles. The zero-order chi connectivity index (χ0) is 39.6. The van der Waals surface area contributed by atoms with E-state index in [0.29, 0.717) is 0 Å². The number of hydrogen-bond donors (Lipinski definition) is 0. The van der Waals surface area contributed by atoms with Gasteiger partial charge in [0.2, 0.25) is 0 Å². The number of benzene rings is 9. The number of nitrogens with zero attached hydrogens (tertiary/aromatic N) is 2. The summed E-state index contributed by atoms with van der Waals surface area (Å²) in [5.74, 6) is 0. The first-order valence-electron chi connectivity index (χ1n) is 20.6. The van der Waals surface area contributed by atoms with Gasteiger partial charge in [-0.1, -0.05) is 194 Å². The van der Waals surface area contributed by atoms with Gasteiger partial charge in [0.1, 0.15) is 0 Å². The second-order valence-corrected chi connectivity index (χ2v) is 15.6. The fourth-order valence-corrected chi connectivity index (χ4v) is 9.60. The molecule has 1 aliphatic rings. The van der Waals surface area contributed by atoms with Crippen LogP contribution in [0.25, 0.3) is 122 Å². The zero-order valence-corrected chi connectivity index (χ0v) is 32.7. The molecule has 2 nitrogen and oxygen atoms in total. The summed E-state index contributed by atoms with van der Waals surface area (Å²) >= 11 is 0. The van der Waals surface area contributed by atoms with Crippen LogP contribution >= 0.6 is 0 Å². The Morgan fingerprint density at radius 2 is 0.767 bits per heavy atom. The van der Waals surface area contributed by atoms with Gasteiger partial charge in [0.05, 0.1) is 17.1 Å². The van der Waals surface area contributed by atoms with Crippen molar-refractivity contribution in [2.24, 2.45) is 0 Å².